The number of Topliss-reactive ketones (excluding diaryl/α,β-unsaturated/α-hetero) is 1. The highest BCUT2D eigenvalue weighted by atomic mass is 32.2. The highest BCUT2D eigenvalue weighted by molar-refractivity contribution is 7.99. The summed E-state index contributed by atoms with van der Waals surface area (Å²) >= 11 is 1.91. The number of ether oxygens (including phenoxy) is 1. The molecule has 0 aliphatic carbocycles. The molecule has 0 bridgehead atoms. The van der Waals surface area contributed by atoms with Gasteiger partial charge in [-0.15, -0.1) is 11.8 Å². The van der Waals surface area contributed by atoms with E-state index in [0.717, 1.165) is 29.9 Å². The number of rotatable bonds is 3. The molecule has 0 saturated carbocycles. The average molecular weight is 264 g/mol. The Bertz CT molecular complexity index is 480. The SMILES string of the molecule is COCC1CCSc2c(C)cc(C(C)=O)c(C)c21. The minimum atomic E-state index is 0.158. The Kier molecular flexibility index (Phi) is 4.13. The third kappa shape index (κ3) is 2.34. The van der Waals surface area contributed by atoms with Crippen molar-refractivity contribution in [1.82, 2.24) is 0 Å². The van der Waals surface area contributed by atoms with Crippen molar-refractivity contribution in [1.29, 1.82) is 0 Å². The molecule has 1 aromatic carbocycles. The number of carbonyl (C=O) groups excluding carboxylic acids is 1. The molecule has 1 aromatic rings. The lowest BCUT2D eigenvalue weighted by Crippen LogP contribution is -2.17. The maximum atomic E-state index is 11.7. The Hall–Kier alpha value is -0.800. The Morgan fingerprint density at radius 1 is 1.50 bits per heavy atom. The number of thioether (sulfide) groups is 1. The van der Waals surface area contributed by atoms with Gasteiger partial charge >= 0.3 is 0 Å². The Morgan fingerprint density at radius 2 is 2.22 bits per heavy atom. The van der Waals surface area contributed by atoms with Gasteiger partial charge < -0.3 is 4.74 Å². The predicted octanol–water partition coefficient (Wildman–Crippen LogP) is 3.73. The summed E-state index contributed by atoms with van der Waals surface area (Å²) in [5.41, 5.74) is 4.59. The van der Waals surface area contributed by atoms with Gasteiger partial charge in [-0.05, 0) is 55.7 Å². The number of methoxy groups -OCH3 is 1. The van der Waals surface area contributed by atoms with Crippen LogP contribution in [-0.4, -0.2) is 25.3 Å². The van der Waals surface area contributed by atoms with Crippen molar-refractivity contribution in [3.05, 3.63) is 28.3 Å². The fourth-order valence-corrected chi connectivity index (χ4v) is 4.15. The number of hydrogen-bond acceptors (Lipinski definition) is 3. The van der Waals surface area contributed by atoms with Gasteiger partial charge in [0.2, 0.25) is 0 Å². The molecule has 0 fully saturated rings. The molecule has 1 heterocycles. The van der Waals surface area contributed by atoms with Crippen LogP contribution in [0.25, 0.3) is 0 Å². The van der Waals surface area contributed by atoms with Crippen molar-refractivity contribution in [2.24, 2.45) is 0 Å². The number of benzene rings is 1. The first-order chi connectivity index (χ1) is 8.56. The molecule has 0 N–H and O–H groups in total. The van der Waals surface area contributed by atoms with Crippen molar-refractivity contribution < 1.29 is 9.53 Å². The van der Waals surface area contributed by atoms with Crippen LogP contribution in [0.2, 0.25) is 0 Å². The van der Waals surface area contributed by atoms with Crippen molar-refractivity contribution in [2.45, 2.75) is 38.0 Å². The monoisotopic (exact) mass is 264 g/mol. The van der Waals surface area contributed by atoms with Gasteiger partial charge in [0.15, 0.2) is 5.78 Å². The van der Waals surface area contributed by atoms with Crippen molar-refractivity contribution in [3.63, 3.8) is 0 Å². The zero-order valence-corrected chi connectivity index (χ0v) is 12.3. The van der Waals surface area contributed by atoms with E-state index in [1.807, 2.05) is 17.8 Å². The van der Waals surface area contributed by atoms with Crippen molar-refractivity contribution in [2.75, 3.05) is 19.5 Å². The van der Waals surface area contributed by atoms with Crippen LogP contribution in [0.4, 0.5) is 0 Å². The maximum absolute atomic E-state index is 11.7. The highest BCUT2D eigenvalue weighted by Gasteiger charge is 2.26. The van der Waals surface area contributed by atoms with E-state index in [4.69, 9.17) is 4.74 Å². The molecule has 1 atom stereocenters. The summed E-state index contributed by atoms with van der Waals surface area (Å²) in [5.74, 6) is 1.73. The summed E-state index contributed by atoms with van der Waals surface area (Å²) in [4.78, 5) is 13.1. The van der Waals surface area contributed by atoms with Gasteiger partial charge in [-0.3, -0.25) is 4.79 Å². The lowest BCUT2D eigenvalue weighted by Gasteiger charge is -2.29. The first kappa shape index (κ1) is 13.6. The van der Waals surface area contributed by atoms with E-state index < -0.39 is 0 Å². The number of aryl methyl sites for hydroxylation is 1. The summed E-state index contributed by atoms with van der Waals surface area (Å²) in [5, 5.41) is 0. The van der Waals surface area contributed by atoms with E-state index >= 15 is 0 Å². The number of hydrogen-bond donors (Lipinski definition) is 0. The largest absolute Gasteiger partial charge is 0.384 e. The predicted molar refractivity (Wildman–Crippen MR) is 75.9 cm³/mol. The van der Waals surface area contributed by atoms with Gasteiger partial charge in [-0.25, -0.2) is 0 Å². The van der Waals surface area contributed by atoms with Crippen LogP contribution < -0.4 is 0 Å². The topological polar surface area (TPSA) is 26.3 Å². The zero-order valence-electron chi connectivity index (χ0n) is 11.5. The van der Waals surface area contributed by atoms with Gasteiger partial charge in [0.1, 0.15) is 0 Å². The molecule has 1 aliphatic rings. The minimum Gasteiger partial charge on any atom is -0.384 e. The lowest BCUT2D eigenvalue weighted by atomic mass is 9.87. The van der Waals surface area contributed by atoms with Crippen LogP contribution >= 0.6 is 11.8 Å². The Balaban J connectivity index is 2.59. The molecule has 1 unspecified atom stereocenters. The normalized spacial score (nSPS) is 18.6. The van der Waals surface area contributed by atoms with Crippen LogP contribution in [0.3, 0.4) is 0 Å². The second-order valence-electron chi connectivity index (χ2n) is 4.95. The molecular weight excluding hydrogens is 244 g/mol. The van der Waals surface area contributed by atoms with Crippen molar-refractivity contribution >= 4 is 17.5 Å². The smallest absolute Gasteiger partial charge is 0.160 e. The molecule has 0 amide bonds. The zero-order chi connectivity index (χ0) is 13.3. The fraction of sp³-hybridized carbons (Fsp3) is 0.533. The van der Waals surface area contributed by atoms with E-state index in [1.54, 1.807) is 14.0 Å². The molecule has 0 saturated heterocycles. The van der Waals surface area contributed by atoms with E-state index in [1.165, 1.54) is 16.0 Å². The Morgan fingerprint density at radius 3 is 2.83 bits per heavy atom. The maximum Gasteiger partial charge on any atom is 0.160 e. The Labute approximate surface area is 113 Å². The molecule has 0 radical (unpaired) electrons. The van der Waals surface area contributed by atoms with Gasteiger partial charge in [0.05, 0.1) is 6.61 Å². The number of fused-ring (bicyclic) bond motifs is 1. The van der Waals surface area contributed by atoms with Crippen LogP contribution in [0.5, 0.6) is 0 Å². The van der Waals surface area contributed by atoms with Gasteiger partial charge in [0.25, 0.3) is 0 Å². The molecule has 2 nitrogen and oxygen atoms in total. The summed E-state index contributed by atoms with van der Waals surface area (Å²) < 4.78 is 5.34. The van der Waals surface area contributed by atoms with Crippen LogP contribution in [-0.2, 0) is 4.74 Å². The van der Waals surface area contributed by atoms with Gasteiger partial charge in [0, 0.05) is 23.5 Å². The molecule has 18 heavy (non-hydrogen) atoms. The minimum absolute atomic E-state index is 0.158. The number of carbonyl (C=O) groups is 1. The summed E-state index contributed by atoms with van der Waals surface area (Å²) in [6, 6.07) is 2.04. The quantitative estimate of drug-likeness (QED) is 0.778. The molecule has 0 spiro atoms. The fourth-order valence-electron chi connectivity index (χ4n) is 2.78. The molecule has 3 heteroatoms. The van der Waals surface area contributed by atoms with Crippen molar-refractivity contribution in [3.8, 4) is 0 Å². The van der Waals surface area contributed by atoms with Crippen LogP contribution in [0.15, 0.2) is 11.0 Å². The second kappa shape index (κ2) is 5.45. The molecule has 2 rings (SSSR count). The lowest BCUT2D eigenvalue weighted by molar-refractivity contribution is 0.101. The first-order valence-corrected chi connectivity index (χ1v) is 7.31. The van der Waals surface area contributed by atoms with E-state index in [2.05, 4.69) is 13.8 Å². The van der Waals surface area contributed by atoms with E-state index in [0.29, 0.717) is 5.92 Å². The summed E-state index contributed by atoms with van der Waals surface area (Å²) in [7, 11) is 1.75. The van der Waals surface area contributed by atoms with Crippen LogP contribution in [0, 0.1) is 13.8 Å². The second-order valence-corrected chi connectivity index (χ2v) is 6.06. The summed E-state index contributed by atoms with van der Waals surface area (Å²) in [6.07, 6.45) is 1.13. The van der Waals surface area contributed by atoms with Gasteiger partial charge in [-0.1, -0.05) is 0 Å². The number of ketones is 1. The third-order valence-corrected chi connectivity index (χ3v) is 4.91. The summed E-state index contributed by atoms with van der Waals surface area (Å²) in [6.45, 7) is 6.57. The van der Waals surface area contributed by atoms with Crippen LogP contribution in [0.1, 0.15) is 46.3 Å². The first-order valence-electron chi connectivity index (χ1n) is 6.33. The average Bonchev–Trinajstić information content (AvgIpc) is 2.33. The standard InChI is InChI=1S/C15H20O2S/c1-9-7-13(11(3)16)10(2)14-12(8-17-4)5-6-18-15(9)14/h7,12H,5-6,8H2,1-4H3. The van der Waals surface area contributed by atoms with E-state index in [9.17, 15) is 4.79 Å². The van der Waals surface area contributed by atoms with E-state index in [-0.39, 0.29) is 5.78 Å². The molecular formula is C15H20O2S. The molecule has 1 aliphatic heterocycles. The third-order valence-electron chi connectivity index (χ3n) is 3.64. The highest BCUT2D eigenvalue weighted by Crippen LogP contribution is 2.42. The molecule has 0 aromatic heterocycles. The van der Waals surface area contributed by atoms with Gasteiger partial charge in [-0.2, -0.15) is 0 Å². The molecule has 98 valence electrons.